The van der Waals surface area contributed by atoms with E-state index in [2.05, 4.69) is 5.32 Å². The highest BCUT2D eigenvalue weighted by molar-refractivity contribution is 6.30. The number of hydrogen-bond donors (Lipinski definition) is 1. The quantitative estimate of drug-likeness (QED) is 0.789. The summed E-state index contributed by atoms with van der Waals surface area (Å²) >= 11 is 5.87. The van der Waals surface area contributed by atoms with Crippen molar-refractivity contribution < 1.29 is 14.3 Å². The average Bonchev–Trinajstić information content (AvgIpc) is 2.55. The summed E-state index contributed by atoms with van der Waals surface area (Å²) in [5.41, 5.74) is 1.62. The second-order valence-corrected chi connectivity index (χ2v) is 6.08. The zero-order chi connectivity index (χ0) is 17.5. The zero-order valence-electron chi connectivity index (χ0n) is 13.7. The summed E-state index contributed by atoms with van der Waals surface area (Å²) in [6, 6.07) is 16.5. The van der Waals surface area contributed by atoms with E-state index in [0.717, 1.165) is 5.56 Å². The van der Waals surface area contributed by atoms with E-state index in [4.69, 9.17) is 16.3 Å². The number of anilines is 1. The van der Waals surface area contributed by atoms with Gasteiger partial charge in [0.15, 0.2) is 6.10 Å². The lowest BCUT2D eigenvalue weighted by Crippen LogP contribution is -2.30. The molecule has 126 valence electrons. The summed E-state index contributed by atoms with van der Waals surface area (Å²) in [6.45, 7) is 3.50. The van der Waals surface area contributed by atoms with Gasteiger partial charge < -0.3 is 10.1 Å². The minimum atomic E-state index is -0.876. The van der Waals surface area contributed by atoms with Crippen molar-refractivity contribution in [3.05, 3.63) is 65.2 Å². The van der Waals surface area contributed by atoms with Gasteiger partial charge >= 0.3 is 5.97 Å². The Bertz CT molecular complexity index is 703. The topological polar surface area (TPSA) is 55.4 Å². The molecule has 24 heavy (non-hydrogen) atoms. The van der Waals surface area contributed by atoms with Crippen molar-refractivity contribution in [1.82, 2.24) is 0 Å². The Hall–Kier alpha value is -2.33. The number of rotatable bonds is 6. The predicted molar refractivity (Wildman–Crippen MR) is 95.1 cm³/mol. The number of benzene rings is 2. The highest BCUT2D eigenvalue weighted by Gasteiger charge is 2.20. The van der Waals surface area contributed by atoms with Crippen LogP contribution >= 0.6 is 11.6 Å². The molecule has 0 aliphatic heterocycles. The summed E-state index contributed by atoms with van der Waals surface area (Å²) in [6.07, 6.45) is -0.654. The van der Waals surface area contributed by atoms with Crippen LogP contribution in [0.2, 0.25) is 5.02 Å². The maximum Gasteiger partial charge on any atom is 0.307 e. The normalized spacial score (nSPS) is 13.0. The molecule has 0 unspecified atom stereocenters. The van der Waals surface area contributed by atoms with Crippen molar-refractivity contribution >= 4 is 29.2 Å². The third kappa shape index (κ3) is 5.39. The molecule has 0 bridgehead atoms. The lowest BCUT2D eigenvalue weighted by atomic mass is 9.98. The Balaban J connectivity index is 1.85. The molecule has 5 heteroatoms. The van der Waals surface area contributed by atoms with Gasteiger partial charge in [-0.25, -0.2) is 0 Å². The zero-order valence-corrected chi connectivity index (χ0v) is 14.4. The number of halogens is 1. The van der Waals surface area contributed by atoms with E-state index in [1.165, 1.54) is 0 Å². The van der Waals surface area contributed by atoms with Crippen LogP contribution in [0.5, 0.6) is 0 Å². The number of carbonyl (C=O) groups is 2. The fraction of sp³-hybridized carbons (Fsp3) is 0.263. The molecule has 0 radical (unpaired) electrons. The van der Waals surface area contributed by atoms with Crippen molar-refractivity contribution in [1.29, 1.82) is 0 Å². The second-order valence-electron chi connectivity index (χ2n) is 5.65. The summed E-state index contributed by atoms with van der Waals surface area (Å²) < 4.78 is 5.22. The monoisotopic (exact) mass is 345 g/mol. The Morgan fingerprint density at radius 1 is 1.08 bits per heavy atom. The molecule has 0 saturated carbocycles. The Kier molecular flexibility index (Phi) is 6.38. The molecule has 0 saturated heterocycles. The highest BCUT2D eigenvalue weighted by atomic mass is 35.5. The van der Waals surface area contributed by atoms with Gasteiger partial charge in [0.05, 0.1) is 6.42 Å². The minimum Gasteiger partial charge on any atom is -0.453 e. The minimum absolute atomic E-state index is 0.0295. The van der Waals surface area contributed by atoms with Crippen molar-refractivity contribution in [2.24, 2.45) is 0 Å². The summed E-state index contributed by atoms with van der Waals surface area (Å²) in [4.78, 5) is 24.1. The van der Waals surface area contributed by atoms with E-state index in [9.17, 15) is 9.59 Å². The fourth-order valence-corrected chi connectivity index (χ4v) is 2.45. The van der Waals surface area contributed by atoms with Crippen molar-refractivity contribution in [3.8, 4) is 0 Å². The fourth-order valence-electron chi connectivity index (χ4n) is 2.26. The predicted octanol–water partition coefficient (Wildman–Crippen LogP) is 4.40. The van der Waals surface area contributed by atoms with E-state index < -0.39 is 18.0 Å². The number of hydrogen-bond acceptors (Lipinski definition) is 3. The largest absolute Gasteiger partial charge is 0.453 e. The molecule has 4 nitrogen and oxygen atoms in total. The lowest BCUT2D eigenvalue weighted by Gasteiger charge is -2.16. The molecule has 0 fully saturated rings. The smallest absolute Gasteiger partial charge is 0.307 e. The molecule has 0 aliphatic rings. The molecule has 0 aromatic heterocycles. The van der Waals surface area contributed by atoms with Gasteiger partial charge in [-0.2, -0.15) is 0 Å². The number of amides is 1. The molecule has 2 atom stereocenters. The molecular formula is C19H20ClNO3. The van der Waals surface area contributed by atoms with Crippen LogP contribution in [0, 0.1) is 0 Å². The third-order valence-electron chi connectivity index (χ3n) is 3.61. The molecule has 2 aromatic carbocycles. The molecule has 0 heterocycles. The highest BCUT2D eigenvalue weighted by Crippen LogP contribution is 2.19. The Labute approximate surface area is 146 Å². The van der Waals surface area contributed by atoms with Crippen molar-refractivity contribution in [2.45, 2.75) is 32.3 Å². The van der Waals surface area contributed by atoms with Crippen molar-refractivity contribution in [3.63, 3.8) is 0 Å². The standard InChI is InChI=1S/C19H20ClNO3/c1-13(15-7-4-3-5-8-15)11-18(22)24-14(2)19(23)21-17-10-6-9-16(20)12-17/h3-10,12-14H,11H2,1-2H3,(H,21,23)/t13-,14-/m0/s1. The maximum atomic E-state index is 12.1. The first-order chi connectivity index (χ1) is 11.5. The maximum absolute atomic E-state index is 12.1. The SMILES string of the molecule is C[C@H](OC(=O)C[C@H](C)c1ccccc1)C(=O)Nc1cccc(Cl)c1. The second kappa shape index (κ2) is 8.50. The van der Waals surface area contributed by atoms with Crippen LogP contribution in [-0.2, 0) is 14.3 Å². The van der Waals surface area contributed by atoms with Crippen LogP contribution in [0.15, 0.2) is 54.6 Å². The van der Waals surface area contributed by atoms with Gasteiger partial charge in [0.25, 0.3) is 5.91 Å². The lowest BCUT2D eigenvalue weighted by molar-refractivity contribution is -0.153. The first-order valence-corrected chi connectivity index (χ1v) is 8.14. The molecule has 2 rings (SSSR count). The summed E-state index contributed by atoms with van der Waals surface area (Å²) in [5.74, 6) is -0.764. The number of esters is 1. The van der Waals surface area contributed by atoms with Gasteiger partial charge in [-0.15, -0.1) is 0 Å². The Morgan fingerprint density at radius 3 is 2.46 bits per heavy atom. The van der Waals surface area contributed by atoms with Crippen LogP contribution in [0.25, 0.3) is 0 Å². The van der Waals surface area contributed by atoms with E-state index in [0.29, 0.717) is 10.7 Å². The van der Waals surface area contributed by atoms with E-state index >= 15 is 0 Å². The summed E-state index contributed by atoms with van der Waals surface area (Å²) in [5, 5.41) is 3.19. The van der Waals surface area contributed by atoms with Gasteiger partial charge in [0.1, 0.15) is 0 Å². The molecule has 1 amide bonds. The molecule has 1 N–H and O–H groups in total. The van der Waals surface area contributed by atoms with Gasteiger partial charge in [0, 0.05) is 10.7 Å². The van der Waals surface area contributed by atoms with Crippen LogP contribution in [-0.4, -0.2) is 18.0 Å². The van der Waals surface area contributed by atoms with Gasteiger partial charge in [-0.1, -0.05) is 54.9 Å². The molecular weight excluding hydrogens is 326 g/mol. The first-order valence-electron chi connectivity index (χ1n) is 7.76. The van der Waals surface area contributed by atoms with Crippen LogP contribution in [0.1, 0.15) is 31.7 Å². The van der Waals surface area contributed by atoms with Gasteiger partial charge in [0.2, 0.25) is 0 Å². The summed E-state index contributed by atoms with van der Waals surface area (Å²) in [7, 11) is 0. The van der Waals surface area contributed by atoms with E-state index in [-0.39, 0.29) is 12.3 Å². The van der Waals surface area contributed by atoms with Crippen LogP contribution in [0.4, 0.5) is 5.69 Å². The van der Waals surface area contributed by atoms with Crippen LogP contribution < -0.4 is 5.32 Å². The van der Waals surface area contributed by atoms with Crippen LogP contribution in [0.3, 0.4) is 0 Å². The Morgan fingerprint density at radius 2 is 1.79 bits per heavy atom. The third-order valence-corrected chi connectivity index (χ3v) is 3.85. The molecule has 0 aliphatic carbocycles. The first kappa shape index (κ1) is 18.0. The van der Waals surface area contributed by atoms with Crippen molar-refractivity contribution in [2.75, 3.05) is 5.32 Å². The molecule has 2 aromatic rings. The number of ether oxygens (including phenoxy) is 1. The van der Waals surface area contributed by atoms with Gasteiger partial charge in [-0.3, -0.25) is 9.59 Å². The number of carbonyl (C=O) groups excluding carboxylic acids is 2. The number of nitrogens with one attached hydrogen (secondary N) is 1. The molecule has 0 spiro atoms. The average molecular weight is 346 g/mol. The van der Waals surface area contributed by atoms with E-state index in [1.807, 2.05) is 37.3 Å². The van der Waals surface area contributed by atoms with Gasteiger partial charge in [-0.05, 0) is 36.6 Å². The van der Waals surface area contributed by atoms with E-state index in [1.54, 1.807) is 31.2 Å².